The molecule has 0 aliphatic heterocycles. The molecule has 1 nitrogen and oxygen atoms in total. The van der Waals surface area contributed by atoms with E-state index in [-0.39, 0.29) is 5.92 Å². The number of ether oxygens (including phenoxy) is 1. The van der Waals surface area contributed by atoms with Crippen LogP contribution in [-0.4, -0.2) is 12.2 Å². The minimum atomic E-state index is -3.18. The van der Waals surface area contributed by atoms with Gasteiger partial charge >= 0.3 is 6.11 Å². The second kappa shape index (κ2) is 11.7. The Morgan fingerprint density at radius 2 is 1.03 bits per heavy atom. The van der Waals surface area contributed by atoms with Gasteiger partial charge in [-0.25, -0.2) is 13.2 Å². The van der Waals surface area contributed by atoms with E-state index in [0.717, 1.165) is 30.9 Å². The summed E-state index contributed by atoms with van der Waals surface area (Å²) in [6, 6.07) is 11.0. The van der Waals surface area contributed by atoms with Crippen molar-refractivity contribution in [1.29, 1.82) is 0 Å². The zero-order chi connectivity index (χ0) is 26.9. The maximum absolute atomic E-state index is 15.1. The normalized spacial score (nSPS) is 30.8. The lowest BCUT2D eigenvalue weighted by molar-refractivity contribution is -0.300. The Hall–Kier alpha value is -1.95. The molecular weight excluding hydrogens is 495 g/mol. The smallest absolute Gasteiger partial charge is 0.317 e. The summed E-state index contributed by atoms with van der Waals surface area (Å²) in [5.41, 5.74) is 3.05. The van der Waals surface area contributed by atoms with Crippen LogP contribution in [0.4, 0.5) is 22.0 Å². The summed E-state index contributed by atoms with van der Waals surface area (Å²) >= 11 is 0. The van der Waals surface area contributed by atoms with Crippen molar-refractivity contribution in [2.24, 2.45) is 11.8 Å². The van der Waals surface area contributed by atoms with E-state index in [1.165, 1.54) is 36.8 Å². The van der Waals surface area contributed by atoms with Crippen LogP contribution in [0.15, 0.2) is 36.4 Å². The average Bonchev–Trinajstić information content (AvgIpc) is 2.92. The van der Waals surface area contributed by atoms with Crippen molar-refractivity contribution in [2.45, 2.75) is 114 Å². The first-order valence-corrected chi connectivity index (χ1v) is 14.5. The molecule has 2 aromatic rings. The van der Waals surface area contributed by atoms with Crippen molar-refractivity contribution in [3.05, 3.63) is 70.5 Å². The van der Waals surface area contributed by atoms with Gasteiger partial charge < -0.3 is 4.74 Å². The van der Waals surface area contributed by atoms with Gasteiger partial charge in [0.2, 0.25) is 0 Å². The van der Waals surface area contributed by atoms with Crippen molar-refractivity contribution < 1.29 is 26.7 Å². The van der Waals surface area contributed by atoms with Gasteiger partial charge in [-0.15, -0.1) is 0 Å². The fraction of sp³-hybridized carbons (Fsp3) is 0.625. The topological polar surface area (TPSA) is 9.23 Å². The summed E-state index contributed by atoms with van der Waals surface area (Å²) in [5.74, 6) is -3.08. The summed E-state index contributed by atoms with van der Waals surface area (Å²) in [6.07, 6.45) is 5.42. The largest absolute Gasteiger partial charge is 0.358 e. The Morgan fingerprint density at radius 3 is 1.53 bits per heavy atom. The third-order valence-corrected chi connectivity index (χ3v) is 9.57. The second-order valence-electron chi connectivity index (χ2n) is 12.1. The number of halogens is 5. The number of benzene rings is 2. The molecule has 0 N–H and O–H groups in total. The molecule has 3 fully saturated rings. The van der Waals surface area contributed by atoms with Gasteiger partial charge in [0.15, 0.2) is 17.5 Å². The Bertz CT molecular complexity index is 1040. The predicted molar refractivity (Wildman–Crippen MR) is 139 cm³/mol. The highest BCUT2D eigenvalue weighted by Gasteiger charge is 2.45. The quantitative estimate of drug-likeness (QED) is 0.265. The third-order valence-electron chi connectivity index (χ3n) is 9.57. The lowest BCUT2D eigenvalue weighted by atomic mass is 9.76. The molecule has 0 radical (unpaired) electrons. The van der Waals surface area contributed by atoms with Crippen molar-refractivity contribution in [1.82, 2.24) is 0 Å². The first-order valence-electron chi connectivity index (χ1n) is 14.5. The van der Waals surface area contributed by atoms with E-state index in [2.05, 4.69) is 31.2 Å². The number of rotatable bonds is 6. The van der Waals surface area contributed by atoms with E-state index < -0.39 is 35.6 Å². The molecule has 0 amide bonds. The van der Waals surface area contributed by atoms with Crippen LogP contribution in [0.1, 0.15) is 118 Å². The number of hydrogen-bond acceptors (Lipinski definition) is 1. The summed E-state index contributed by atoms with van der Waals surface area (Å²) in [6.45, 7) is 2.33. The molecule has 3 aliphatic rings. The SMILES string of the molecule is CC1CCC(c2ccc(C3CCC(C(F)(F)OC4CCC(c5cc(F)c(F)c(F)c5)CC4)CC3)cc2)CC1. The molecule has 0 bridgehead atoms. The fourth-order valence-corrected chi connectivity index (χ4v) is 7.04. The van der Waals surface area contributed by atoms with Crippen LogP contribution in [0.25, 0.3) is 0 Å². The van der Waals surface area contributed by atoms with E-state index in [0.29, 0.717) is 55.9 Å². The molecular formula is C32H39F5O. The highest BCUT2D eigenvalue weighted by Crippen LogP contribution is 2.45. The van der Waals surface area contributed by atoms with Gasteiger partial charge in [-0.05, 0) is 117 Å². The Labute approximate surface area is 223 Å². The minimum absolute atomic E-state index is 0.184. The molecule has 3 saturated carbocycles. The van der Waals surface area contributed by atoms with E-state index in [1.807, 2.05) is 0 Å². The van der Waals surface area contributed by atoms with Crippen molar-refractivity contribution in [3.8, 4) is 0 Å². The number of hydrogen-bond donors (Lipinski definition) is 0. The fourth-order valence-electron chi connectivity index (χ4n) is 7.04. The van der Waals surface area contributed by atoms with E-state index >= 15 is 8.78 Å². The highest BCUT2D eigenvalue weighted by atomic mass is 19.3. The second-order valence-corrected chi connectivity index (χ2v) is 12.1. The summed E-state index contributed by atoms with van der Waals surface area (Å²) in [4.78, 5) is 0. The van der Waals surface area contributed by atoms with Crippen LogP contribution < -0.4 is 0 Å². The van der Waals surface area contributed by atoms with Gasteiger partial charge in [0.25, 0.3) is 0 Å². The van der Waals surface area contributed by atoms with Crippen LogP contribution in [0.2, 0.25) is 0 Å². The maximum atomic E-state index is 15.1. The first-order chi connectivity index (χ1) is 18.2. The molecule has 208 valence electrons. The predicted octanol–water partition coefficient (Wildman–Crippen LogP) is 10.0. The van der Waals surface area contributed by atoms with Crippen LogP contribution in [0, 0.1) is 29.3 Å². The third kappa shape index (κ3) is 6.26. The van der Waals surface area contributed by atoms with Gasteiger partial charge in [0.1, 0.15) is 0 Å². The molecule has 0 unspecified atom stereocenters. The molecule has 0 saturated heterocycles. The Morgan fingerprint density at radius 1 is 0.605 bits per heavy atom. The molecule has 6 heteroatoms. The van der Waals surface area contributed by atoms with Crippen LogP contribution >= 0.6 is 0 Å². The summed E-state index contributed by atoms with van der Waals surface area (Å²) < 4.78 is 76.1. The summed E-state index contributed by atoms with van der Waals surface area (Å²) in [7, 11) is 0. The maximum Gasteiger partial charge on any atom is 0.358 e. The van der Waals surface area contributed by atoms with Gasteiger partial charge in [-0.3, -0.25) is 0 Å². The molecule has 0 aromatic heterocycles. The number of alkyl halides is 2. The highest BCUT2D eigenvalue weighted by molar-refractivity contribution is 5.28. The zero-order valence-electron chi connectivity index (χ0n) is 22.2. The van der Waals surface area contributed by atoms with Crippen molar-refractivity contribution in [3.63, 3.8) is 0 Å². The monoisotopic (exact) mass is 534 g/mol. The Balaban J connectivity index is 1.09. The van der Waals surface area contributed by atoms with Crippen LogP contribution in [0.5, 0.6) is 0 Å². The van der Waals surface area contributed by atoms with Crippen LogP contribution in [0.3, 0.4) is 0 Å². The lowest BCUT2D eigenvalue weighted by Crippen LogP contribution is -2.38. The van der Waals surface area contributed by atoms with Crippen LogP contribution in [-0.2, 0) is 4.74 Å². The lowest BCUT2D eigenvalue weighted by Gasteiger charge is -2.37. The van der Waals surface area contributed by atoms with E-state index in [9.17, 15) is 13.2 Å². The first kappa shape index (κ1) is 27.6. The molecule has 2 aromatic carbocycles. The zero-order valence-corrected chi connectivity index (χ0v) is 22.2. The van der Waals surface area contributed by atoms with Gasteiger partial charge in [-0.2, -0.15) is 8.78 Å². The molecule has 5 rings (SSSR count). The standard InChI is InChI=1S/C32H39F5O/c1-20-2-4-21(5-3-20)22-6-8-23(9-7-22)24-10-14-27(15-11-24)32(36,37)38-28-16-12-25(13-17-28)26-18-29(33)31(35)30(34)19-26/h6-9,18-21,24-25,27-28H,2-5,10-17H2,1H3. The Kier molecular flexibility index (Phi) is 8.47. The van der Waals surface area contributed by atoms with Gasteiger partial charge in [0.05, 0.1) is 12.0 Å². The molecule has 38 heavy (non-hydrogen) atoms. The van der Waals surface area contributed by atoms with Gasteiger partial charge in [-0.1, -0.05) is 44.0 Å². The average molecular weight is 535 g/mol. The van der Waals surface area contributed by atoms with E-state index in [1.54, 1.807) is 0 Å². The minimum Gasteiger partial charge on any atom is -0.317 e. The van der Waals surface area contributed by atoms with Crippen molar-refractivity contribution in [2.75, 3.05) is 0 Å². The summed E-state index contributed by atoms with van der Waals surface area (Å²) in [5, 5.41) is 0. The molecule has 0 spiro atoms. The van der Waals surface area contributed by atoms with Crippen molar-refractivity contribution >= 4 is 0 Å². The molecule has 0 atom stereocenters. The molecule has 3 aliphatic carbocycles. The van der Waals surface area contributed by atoms with E-state index in [4.69, 9.17) is 4.74 Å². The molecule has 0 heterocycles. The van der Waals surface area contributed by atoms with Gasteiger partial charge in [0, 0.05) is 0 Å².